The van der Waals surface area contributed by atoms with E-state index in [4.69, 9.17) is 16.2 Å². The van der Waals surface area contributed by atoms with Crippen molar-refractivity contribution in [3.8, 4) is 0 Å². The SMILES string of the molecule is Cc1cnc(N)c(C(N)C2CCOCC2)c1. The third-order valence-electron chi connectivity index (χ3n) is 3.22. The highest BCUT2D eigenvalue weighted by Crippen LogP contribution is 2.30. The molecule has 1 aromatic heterocycles. The predicted octanol–water partition coefficient (Wildman–Crippen LogP) is 1.40. The van der Waals surface area contributed by atoms with Crippen LogP contribution in [0, 0.1) is 12.8 Å². The summed E-state index contributed by atoms with van der Waals surface area (Å²) in [7, 11) is 0. The number of nitrogens with zero attached hydrogens (tertiary/aromatic N) is 1. The summed E-state index contributed by atoms with van der Waals surface area (Å²) in [6.07, 6.45) is 3.79. The molecule has 1 saturated heterocycles. The average molecular weight is 221 g/mol. The Kier molecular flexibility index (Phi) is 3.41. The molecule has 0 spiro atoms. The molecule has 0 aliphatic carbocycles. The van der Waals surface area contributed by atoms with E-state index in [1.807, 2.05) is 13.0 Å². The highest BCUT2D eigenvalue weighted by atomic mass is 16.5. The first-order valence-corrected chi connectivity index (χ1v) is 5.74. The van der Waals surface area contributed by atoms with Crippen LogP contribution in [0.25, 0.3) is 0 Å². The van der Waals surface area contributed by atoms with Gasteiger partial charge in [-0.2, -0.15) is 0 Å². The first kappa shape index (κ1) is 11.4. The van der Waals surface area contributed by atoms with Crippen molar-refractivity contribution in [1.82, 2.24) is 4.98 Å². The van der Waals surface area contributed by atoms with Crippen molar-refractivity contribution in [3.05, 3.63) is 23.4 Å². The van der Waals surface area contributed by atoms with E-state index in [-0.39, 0.29) is 6.04 Å². The smallest absolute Gasteiger partial charge is 0.128 e. The Hall–Kier alpha value is -1.13. The number of rotatable bonds is 2. The highest BCUT2D eigenvalue weighted by molar-refractivity contribution is 5.43. The van der Waals surface area contributed by atoms with Crippen molar-refractivity contribution in [1.29, 1.82) is 0 Å². The summed E-state index contributed by atoms with van der Waals surface area (Å²) < 4.78 is 5.34. The molecule has 4 heteroatoms. The summed E-state index contributed by atoms with van der Waals surface area (Å²) in [5, 5.41) is 0. The van der Waals surface area contributed by atoms with Gasteiger partial charge in [-0.1, -0.05) is 0 Å². The van der Waals surface area contributed by atoms with Gasteiger partial charge in [0, 0.05) is 31.0 Å². The van der Waals surface area contributed by atoms with Crippen LogP contribution in [0.2, 0.25) is 0 Å². The van der Waals surface area contributed by atoms with Crippen molar-refractivity contribution in [2.75, 3.05) is 18.9 Å². The fraction of sp³-hybridized carbons (Fsp3) is 0.583. The summed E-state index contributed by atoms with van der Waals surface area (Å²) in [4.78, 5) is 4.16. The fourth-order valence-electron chi connectivity index (χ4n) is 2.20. The molecule has 1 fully saturated rings. The second-order valence-electron chi connectivity index (χ2n) is 4.46. The summed E-state index contributed by atoms with van der Waals surface area (Å²) in [6.45, 7) is 3.61. The first-order chi connectivity index (χ1) is 7.68. The lowest BCUT2D eigenvalue weighted by Crippen LogP contribution is -2.28. The molecular formula is C12H19N3O. The van der Waals surface area contributed by atoms with Gasteiger partial charge < -0.3 is 16.2 Å². The minimum Gasteiger partial charge on any atom is -0.383 e. The van der Waals surface area contributed by atoms with Crippen molar-refractivity contribution in [2.24, 2.45) is 11.7 Å². The molecule has 1 aromatic rings. The lowest BCUT2D eigenvalue weighted by Gasteiger charge is -2.28. The van der Waals surface area contributed by atoms with E-state index in [0.717, 1.165) is 37.2 Å². The highest BCUT2D eigenvalue weighted by Gasteiger charge is 2.24. The predicted molar refractivity (Wildman–Crippen MR) is 63.9 cm³/mol. The van der Waals surface area contributed by atoms with Crippen LogP contribution < -0.4 is 11.5 Å². The molecule has 0 radical (unpaired) electrons. The van der Waals surface area contributed by atoms with E-state index in [2.05, 4.69) is 4.98 Å². The Balaban J connectivity index is 2.18. The van der Waals surface area contributed by atoms with Crippen molar-refractivity contribution in [2.45, 2.75) is 25.8 Å². The third-order valence-corrected chi connectivity index (χ3v) is 3.22. The van der Waals surface area contributed by atoms with Crippen LogP contribution in [0.1, 0.15) is 30.0 Å². The van der Waals surface area contributed by atoms with Gasteiger partial charge in [0.1, 0.15) is 5.82 Å². The number of ether oxygens (including phenoxy) is 1. The number of aromatic nitrogens is 1. The molecule has 0 aromatic carbocycles. The van der Waals surface area contributed by atoms with Gasteiger partial charge in [-0.05, 0) is 37.3 Å². The zero-order valence-corrected chi connectivity index (χ0v) is 9.65. The number of aryl methyl sites for hydroxylation is 1. The zero-order valence-electron chi connectivity index (χ0n) is 9.65. The van der Waals surface area contributed by atoms with Gasteiger partial charge in [0.15, 0.2) is 0 Å². The second-order valence-corrected chi connectivity index (χ2v) is 4.46. The van der Waals surface area contributed by atoms with Gasteiger partial charge in [-0.3, -0.25) is 0 Å². The molecule has 1 aliphatic heterocycles. The van der Waals surface area contributed by atoms with Gasteiger partial charge in [0.2, 0.25) is 0 Å². The van der Waals surface area contributed by atoms with E-state index in [1.165, 1.54) is 0 Å². The topological polar surface area (TPSA) is 74.2 Å². The molecule has 16 heavy (non-hydrogen) atoms. The Morgan fingerprint density at radius 1 is 1.44 bits per heavy atom. The lowest BCUT2D eigenvalue weighted by atomic mass is 9.87. The molecular weight excluding hydrogens is 202 g/mol. The number of hydrogen-bond acceptors (Lipinski definition) is 4. The molecule has 4 N–H and O–H groups in total. The van der Waals surface area contributed by atoms with Gasteiger partial charge in [-0.25, -0.2) is 4.98 Å². The number of hydrogen-bond donors (Lipinski definition) is 2. The minimum atomic E-state index is -0.0173. The van der Waals surface area contributed by atoms with Crippen molar-refractivity contribution >= 4 is 5.82 Å². The lowest BCUT2D eigenvalue weighted by molar-refractivity contribution is 0.0584. The van der Waals surface area contributed by atoms with Crippen LogP contribution in [-0.2, 0) is 4.74 Å². The molecule has 88 valence electrons. The van der Waals surface area contributed by atoms with Gasteiger partial charge in [0.05, 0.1) is 0 Å². The number of nitrogens with two attached hydrogens (primary N) is 2. The number of nitrogen functional groups attached to an aromatic ring is 1. The fourth-order valence-corrected chi connectivity index (χ4v) is 2.20. The van der Waals surface area contributed by atoms with Crippen LogP contribution in [0.15, 0.2) is 12.3 Å². The van der Waals surface area contributed by atoms with E-state index in [0.29, 0.717) is 11.7 Å². The summed E-state index contributed by atoms with van der Waals surface area (Å²) in [6, 6.07) is 2.03. The number of anilines is 1. The van der Waals surface area contributed by atoms with Crippen LogP contribution >= 0.6 is 0 Å². The summed E-state index contributed by atoms with van der Waals surface area (Å²) in [5.74, 6) is 1.02. The van der Waals surface area contributed by atoms with Crippen LogP contribution in [0.4, 0.5) is 5.82 Å². The molecule has 1 atom stereocenters. The van der Waals surface area contributed by atoms with Crippen molar-refractivity contribution < 1.29 is 4.74 Å². The maximum atomic E-state index is 6.26. The largest absolute Gasteiger partial charge is 0.383 e. The van der Waals surface area contributed by atoms with Gasteiger partial charge in [-0.15, -0.1) is 0 Å². The Labute approximate surface area is 96.0 Å². The maximum Gasteiger partial charge on any atom is 0.128 e. The monoisotopic (exact) mass is 221 g/mol. The number of pyridine rings is 1. The Morgan fingerprint density at radius 3 is 2.81 bits per heavy atom. The molecule has 0 amide bonds. The first-order valence-electron chi connectivity index (χ1n) is 5.74. The normalized spacial score (nSPS) is 19.6. The quantitative estimate of drug-likeness (QED) is 0.791. The van der Waals surface area contributed by atoms with E-state index in [1.54, 1.807) is 6.20 Å². The molecule has 0 saturated carbocycles. The van der Waals surface area contributed by atoms with Gasteiger partial charge in [0.25, 0.3) is 0 Å². The summed E-state index contributed by atoms with van der Waals surface area (Å²) >= 11 is 0. The van der Waals surface area contributed by atoms with Crippen molar-refractivity contribution in [3.63, 3.8) is 0 Å². The molecule has 0 bridgehead atoms. The third kappa shape index (κ3) is 2.33. The molecule has 2 heterocycles. The minimum absolute atomic E-state index is 0.0173. The maximum absolute atomic E-state index is 6.26. The molecule has 4 nitrogen and oxygen atoms in total. The molecule has 1 unspecified atom stereocenters. The summed E-state index contributed by atoms with van der Waals surface area (Å²) in [5.41, 5.74) is 14.2. The Bertz CT molecular complexity index is 361. The standard InChI is InChI=1S/C12H19N3O/c1-8-6-10(12(14)15-7-8)11(13)9-2-4-16-5-3-9/h6-7,9,11H,2-5,13H2,1H3,(H2,14,15). The van der Waals surface area contributed by atoms with Gasteiger partial charge >= 0.3 is 0 Å². The van der Waals surface area contributed by atoms with Crippen LogP contribution in [0.5, 0.6) is 0 Å². The van der Waals surface area contributed by atoms with Crippen LogP contribution in [0.3, 0.4) is 0 Å². The van der Waals surface area contributed by atoms with E-state index >= 15 is 0 Å². The van der Waals surface area contributed by atoms with Crippen LogP contribution in [-0.4, -0.2) is 18.2 Å². The van der Waals surface area contributed by atoms with E-state index in [9.17, 15) is 0 Å². The Morgan fingerprint density at radius 2 is 2.12 bits per heavy atom. The second kappa shape index (κ2) is 4.80. The molecule has 1 aliphatic rings. The zero-order chi connectivity index (χ0) is 11.5. The molecule has 2 rings (SSSR count). The average Bonchev–Trinajstić information content (AvgIpc) is 2.32. The van der Waals surface area contributed by atoms with E-state index < -0.39 is 0 Å².